The number of carbonyl (C=O) groups is 2. The first-order valence-electron chi connectivity index (χ1n) is 15.4. The van der Waals surface area contributed by atoms with Crippen molar-refractivity contribution in [3.05, 3.63) is 125 Å². The highest BCUT2D eigenvalue weighted by molar-refractivity contribution is 7.92. The minimum atomic E-state index is -4.24. The van der Waals surface area contributed by atoms with Gasteiger partial charge in [0.25, 0.3) is 10.0 Å². The molecule has 8 nitrogen and oxygen atoms in total. The molecule has 0 spiro atoms. The first-order chi connectivity index (χ1) is 22.2. The predicted molar refractivity (Wildman–Crippen MR) is 182 cm³/mol. The number of nitrogens with one attached hydrogen (secondary N) is 1. The Kier molecular flexibility index (Phi) is 12.6. The van der Waals surface area contributed by atoms with Crippen LogP contribution in [0.15, 0.2) is 114 Å². The monoisotopic (exact) mass is 661 g/mol. The van der Waals surface area contributed by atoms with E-state index in [1.54, 1.807) is 73.7 Å². The number of halogens is 1. The molecule has 4 rings (SSSR count). The molecule has 0 aliphatic carbocycles. The SMILES string of the molecule is CCCCNC(=O)[C@H](Cc1ccccc1)N(Cc1ccc(Cl)cc1)C(=O)CN(c1ccccc1OCC)S(=O)(=O)c1ccccc1. The maximum absolute atomic E-state index is 14.6. The second-order valence-corrected chi connectivity index (χ2v) is 13.0. The number of unbranched alkanes of at least 4 members (excludes halogenated alkanes) is 1. The summed E-state index contributed by atoms with van der Waals surface area (Å²) in [6, 6.07) is 30.2. The summed E-state index contributed by atoms with van der Waals surface area (Å²) in [5.74, 6) is -0.543. The number of amides is 2. The van der Waals surface area contributed by atoms with Crippen LogP contribution in [-0.2, 0) is 32.6 Å². The number of carbonyl (C=O) groups excluding carboxylic acids is 2. The lowest BCUT2D eigenvalue weighted by molar-refractivity contribution is -0.140. The van der Waals surface area contributed by atoms with E-state index < -0.39 is 28.5 Å². The molecule has 0 bridgehead atoms. The molecule has 0 unspecified atom stereocenters. The van der Waals surface area contributed by atoms with Crippen LogP contribution >= 0.6 is 11.6 Å². The van der Waals surface area contributed by atoms with E-state index in [0.717, 1.165) is 28.3 Å². The zero-order chi connectivity index (χ0) is 32.9. The average molecular weight is 662 g/mol. The van der Waals surface area contributed by atoms with Gasteiger partial charge >= 0.3 is 0 Å². The number of anilines is 1. The molecule has 0 fully saturated rings. The van der Waals surface area contributed by atoms with E-state index in [-0.39, 0.29) is 29.5 Å². The normalized spacial score (nSPS) is 11.8. The van der Waals surface area contributed by atoms with Gasteiger partial charge in [0.2, 0.25) is 11.8 Å². The van der Waals surface area contributed by atoms with Crippen LogP contribution in [0.1, 0.15) is 37.8 Å². The van der Waals surface area contributed by atoms with E-state index in [9.17, 15) is 18.0 Å². The van der Waals surface area contributed by atoms with E-state index in [4.69, 9.17) is 16.3 Å². The van der Waals surface area contributed by atoms with Gasteiger partial charge < -0.3 is 15.0 Å². The summed E-state index contributed by atoms with van der Waals surface area (Å²) in [5, 5.41) is 3.53. The van der Waals surface area contributed by atoms with E-state index in [0.29, 0.717) is 23.9 Å². The van der Waals surface area contributed by atoms with Crippen molar-refractivity contribution in [3.63, 3.8) is 0 Å². The maximum atomic E-state index is 14.6. The Bertz CT molecular complexity index is 1670. The molecule has 0 aromatic heterocycles. The fraction of sp³-hybridized carbons (Fsp3) is 0.278. The number of rotatable bonds is 16. The summed E-state index contributed by atoms with van der Waals surface area (Å²) < 4.78 is 35.3. The van der Waals surface area contributed by atoms with Crippen LogP contribution in [0.4, 0.5) is 5.69 Å². The van der Waals surface area contributed by atoms with Gasteiger partial charge in [0, 0.05) is 24.5 Å². The van der Waals surface area contributed by atoms with E-state index >= 15 is 0 Å². The molecule has 1 N–H and O–H groups in total. The predicted octanol–water partition coefficient (Wildman–Crippen LogP) is 6.49. The van der Waals surface area contributed by atoms with Crippen molar-refractivity contribution in [2.24, 2.45) is 0 Å². The molecule has 0 aliphatic rings. The summed E-state index contributed by atoms with van der Waals surface area (Å²) in [7, 11) is -4.24. The van der Waals surface area contributed by atoms with Crippen molar-refractivity contribution in [3.8, 4) is 5.75 Å². The molecule has 4 aromatic carbocycles. The Morgan fingerprint density at radius 2 is 1.46 bits per heavy atom. The van der Waals surface area contributed by atoms with Gasteiger partial charge in [-0.2, -0.15) is 0 Å². The molecule has 4 aromatic rings. The first kappa shape index (κ1) is 34.5. The summed E-state index contributed by atoms with van der Waals surface area (Å²) in [5.41, 5.74) is 1.83. The fourth-order valence-corrected chi connectivity index (χ4v) is 6.59. The molecular formula is C36H40ClN3O5S. The second kappa shape index (κ2) is 16.8. The minimum Gasteiger partial charge on any atom is -0.492 e. The highest BCUT2D eigenvalue weighted by Crippen LogP contribution is 2.33. The van der Waals surface area contributed by atoms with Crippen LogP contribution < -0.4 is 14.4 Å². The van der Waals surface area contributed by atoms with Crippen molar-refractivity contribution in [1.82, 2.24) is 10.2 Å². The van der Waals surface area contributed by atoms with Crippen molar-refractivity contribution in [2.75, 3.05) is 24.0 Å². The lowest BCUT2D eigenvalue weighted by Crippen LogP contribution is -2.53. The Morgan fingerprint density at radius 3 is 2.11 bits per heavy atom. The van der Waals surface area contributed by atoms with Crippen LogP contribution in [-0.4, -0.2) is 50.9 Å². The smallest absolute Gasteiger partial charge is 0.264 e. The third-order valence-electron chi connectivity index (χ3n) is 7.41. The molecule has 0 saturated carbocycles. The number of nitrogens with zero attached hydrogens (tertiary/aromatic N) is 2. The average Bonchev–Trinajstić information content (AvgIpc) is 3.07. The number of hydrogen-bond donors (Lipinski definition) is 1. The summed E-state index contributed by atoms with van der Waals surface area (Å²) in [6.07, 6.45) is 1.91. The van der Waals surface area contributed by atoms with Crippen molar-refractivity contribution >= 4 is 39.1 Å². The van der Waals surface area contributed by atoms with Crippen molar-refractivity contribution in [1.29, 1.82) is 0 Å². The molecule has 1 atom stereocenters. The molecule has 242 valence electrons. The molecule has 2 amide bonds. The lowest BCUT2D eigenvalue weighted by atomic mass is 10.0. The lowest BCUT2D eigenvalue weighted by Gasteiger charge is -2.34. The first-order valence-corrected chi connectivity index (χ1v) is 17.2. The number of ether oxygens (including phenoxy) is 1. The standard InChI is InChI=1S/C36H40ClN3O5S/c1-3-5-24-38-36(42)33(25-28-14-8-6-9-15-28)39(26-29-20-22-30(37)23-21-29)35(41)27-40(32-18-12-13-19-34(32)45-4-2)46(43,44)31-16-10-7-11-17-31/h6-23,33H,3-5,24-27H2,1-2H3,(H,38,42)/t33-/m0/s1. The van der Waals surface area contributed by atoms with Gasteiger partial charge in [-0.15, -0.1) is 0 Å². The minimum absolute atomic E-state index is 0.0245. The molecule has 46 heavy (non-hydrogen) atoms. The number of sulfonamides is 1. The van der Waals surface area contributed by atoms with Gasteiger partial charge in [-0.1, -0.05) is 97.7 Å². The number of benzene rings is 4. The summed E-state index contributed by atoms with van der Waals surface area (Å²) in [4.78, 5) is 29.9. The zero-order valence-corrected chi connectivity index (χ0v) is 27.7. The molecule has 0 saturated heterocycles. The summed E-state index contributed by atoms with van der Waals surface area (Å²) >= 11 is 6.16. The van der Waals surface area contributed by atoms with E-state index in [1.807, 2.05) is 37.3 Å². The van der Waals surface area contributed by atoms with Crippen LogP contribution in [0.25, 0.3) is 0 Å². The largest absolute Gasteiger partial charge is 0.492 e. The number of para-hydroxylation sites is 2. The third kappa shape index (κ3) is 9.11. The Balaban J connectivity index is 1.81. The topological polar surface area (TPSA) is 96.0 Å². The van der Waals surface area contributed by atoms with E-state index in [2.05, 4.69) is 5.32 Å². The van der Waals surface area contributed by atoms with E-state index in [1.165, 1.54) is 17.0 Å². The fourth-order valence-electron chi connectivity index (χ4n) is 5.02. The molecule has 0 heterocycles. The third-order valence-corrected chi connectivity index (χ3v) is 9.44. The zero-order valence-electron chi connectivity index (χ0n) is 26.1. The van der Waals surface area contributed by atoms with Gasteiger partial charge in [-0.25, -0.2) is 8.42 Å². The number of hydrogen-bond acceptors (Lipinski definition) is 5. The van der Waals surface area contributed by atoms with Crippen molar-refractivity contribution in [2.45, 2.75) is 50.6 Å². The van der Waals surface area contributed by atoms with Crippen LogP contribution in [0.5, 0.6) is 5.75 Å². The maximum Gasteiger partial charge on any atom is 0.264 e. The Labute approximate surface area is 277 Å². The molecule has 0 radical (unpaired) electrons. The highest BCUT2D eigenvalue weighted by atomic mass is 35.5. The molecule has 0 aliphatic heterocycles. The van der Waals surface area contributed by atoms with Gasteiger partial charge in [0.1, 0.15) is 18.3 Å². The molecule has 10 heteroatoms. The van der Waals surface area contributed by atoms with Crippen LogP contribution in [0.3, 0.4) is 0 Å². The van der Waals surface area contributed by atoms with Gasteiger partial charge in [0.15, 0.2) is 0 Å². The van der Waals surface area contributed by atoms with Gasteiger partial charge in [-0.3, -0.25) is 13.9 Å². The van der Waals surface area contributed by atoms with Gasteiger partial charge in [0.05, 0.1) is 17.2 Å². The highest BCUT2D eigenvalue weighted by Gasteiger charge is 2.35. The van der Waals surface area contributed by atoms with Crippen molar-refractivity contribution < 1.29 is 22.7 Å². The Morgan fingerprint density at radius 1 is 0.826 bits per heavy atom. The van der Waals surface area contributed by atoms with Crippen LogP contribution in [0.2, 0.25) is 5.02 Å². The quantitative estimate of drug-likeness (QED) is 0.139. The summed E-state index contributed by atoms with van der Waals surface area (Å²) in [6.45, 7) is 4.08. The van der Waals surface area contributed by atoms with Gasteiger partial charge in [-0.05, 0) is 60.9 Å². The Hall–Kier alpha value is -4.34. The second-order valence-electron chi connectivity index (χ2n) is 10.7. The molecular weight excluding hydrogens is 622 g/mol. The van der Waals surface area contributed by atoms with Crippen LogP contribution in [0, 0.1) is 0 Å².